The van der Waals surface area contributed by atoms with E-state index in [1.165, 1.54) is 25.1 Å². The van der Waals surface area contributed by atoms with Gasteiger partial charge in [-0.05, 0) is 43.7 Å². The maximum atomic E-state index is 14.2. The highest BCUT2D eigenvalue weighted by Gasteiger charge is 2.19. The molecule has 8 heteroatoms. The summed E-state index contributed by atoms with van der Waals surface area (Å²) in [6, 6.07) is 7.13. The van der Waals surface area contributed by atoms with Crippen molar-refractivity contribution in [1.82, 2.24) is 10.3 Å². The molecule has 0 bridgehead atoms. The number of fused-ring (bicyclic) bond motifs is 1. The van der Waals surface area contributed by atoms with E-state index in [9.17, 15) is 22.8 Å². The summed E-state index contributed by atoms with van der Waals surface area (Å²) in [5, 5.41) is 11.3. The number of hydrogen-bond acceptors (Lipinski definition) is 3. The van der Waals surface area contributed by atoms with Crippen molar-refractivity contribution in [2.24, 2.45) is 0 Å². The lowest BCUT2D eigenvalue weighted by molar-refractivity contribution is -0.121. The molecule has 0 spiro atoms. The number of aromatic nitrogens is 1. The number of H-pyrrole nitrogens is 1. The predicted octanol–water partition coefficient (Wildman–Crippen LogP) is 3.55. The average molecular weight is 399 g/mol. The largest absolute Gasteiger partial charge is 0.349 e. The Morgan fingerprint density at radius 2 is 1.93 bits per heavy atom. The Morgan fingerprint density at radius 1 is 1.21 bits per heavy atom. The van der Waals surface area contributed by atoms with Crippen LogP contribution in [0.25, 0.3) is 10.9 Å². The van der Waals surface area contributed by atoms with Gasteiger partial charge in [0.1, 0.15) is 5.82 Å². The van der Waals surface area contributed by atoms with Gasteiger partial charge < -0.3 is 10.3 Å². The highest BCUT2D eigenvalue weighted by Crippen LogP contribution is 2.23. The summed E-state index contributed by atoms with van der Waals surface area (Å²) in [6.45, 7) is 2.99. The van der Waals surface area contributed by atoms with Gasteiger partial charge in [-0.25, -0.2) is 13.2 Å². The van der Waals surface area contributed by atoms with E-state index in [0.29, 0.717) is 0 Å². The number of carbonyl (C=O) groups is 1. The Labute approximate surface area is 163 Å². The van der Waals surface area contributed by atoms with E-state index in [1.54, 1.807) is 6.92 Å². The predicted molar refractivity (Wildman–Crippen MR) is 101 cm³/mol. The molecule has 0 saturated carbocycles. The van der Waals surface area contributed by atoms with Gasteiger partial charge in [0, 0.05) is 16.5 Å². The van der Waals surface area contributed by atoms with Gasteiger partial charge in [-0.15, -0.1) is 0 Å². The van der Waals surface area contributed by atoms with Crippen LogP contribution in [0.5, 0.6) is 0 Å². The summed E-state index contributed by atoms with van der Waals surface area (Å²) in [5.41, 5.74) is 0.0176. The van der Waals surface area contributed by atoms with Crippen molar-refractivity contribution in [2.75, 3.05) is 0 Å². The lowest BCUT2D eigenvalue weighted by Gasteiger charge is -2.16. The Morgan fingerprint density at radius 3 is 2.59 bits per heavy atom. The molecule has 0 aliphatic heterocycles. The number of halogens is 3. The first kappa shape index (κ1) is 20.1. The molecule has 3 aromatic rings. The summed E-state index contributed by atoms with van der Waals surface area (Å²) < 4.78 is 41.9. The fourth-order valence-electron chi connectivity index (χ4n) is 3.23. The zero-order valence-corrected chi connectivity index (χ0v) is 15.6. The van der Waals surface area contributed by atoms with Crippen molar-refractivity contribution in [1.29, 1.82) is 5.26 Å². The molecule has 29 heavy (non-hydrogen) atoms. The molecule has 1 amide bonds. The van der Waals surface area contributed by atoms with Crippen molar-refractivity contribution < 1.29 is 18.0 Å². The molecule has 0 fully saturated rings. The molecule has 0 aliphatic rings. The smallest absolute Gasteiger partial charge is 0.252 e. The molecule has 2 aromatic carbocycles. The van der Waals surface area contributed by atoms with Gasteiger partial charge in [0.2, 0.25) is 5.91 Å². The maximum absolute atomic E-state index is 14.2. The highest BCUT2D eigenvalue weighted by molar-refractivity contribution is 5.86. The molecule has 5 nitrogen and oxygen atoms in total. The van der Waals surface area contributed by atoms with Crippen molar-refractivity contribution >= 4 is 16.8 Å². The first-order valence-electron chi connectivity index (χ1n) is 8.71. The molecular weight excluding hydrogens is 383 g/mol. The third-order valence-corrected chi connectivity index (χ3v) is 4.76. The second-order valence-electron chi connectivity index (χ2n) is 6.66. The molecule has 2 N–H and O–H groups in total. The number of nitrogens with zero attached hydrogens (tertiary/aromatic N) is 1. The lowest BCUT2D eigenvalue weighted by atomic mass is 10.0. The Kier molecular flexibility index (Phi) is 5.41. The van der Waals surface area contributed by atoms with Crippen molar-refractivity contribution in [3.8, 4) is 6.07 Å². The summed E-state index contributed by atoms with van der Waals surface area (Å²) in [4.78, 5) is 27.2. The molecule has 0 radical (unpaired) electrons. The van der Waals surface area contributed by atoms with E-state index in [1.807, 2.05) is 6.07 Å². The van der Waals surface area contributed by atoms with Crippen LogP contribution >= 0.6 is 0 Å². The first-order chi connectivity index (χ1) is 13.7. The normalized spacial score (nSPS) is 11.9. The summed E-state index contributed by atoms with van der Waals surface area (Å²) in [7, 11) is 0. The Balaban J connectivity index is 1.87. The fraction of sp³-hybridized carbons (Fsp3) is 0.190. The van der Waals surface area contributed by atoms with Gasteiger partial charge in [0.25, 0.3) is 5.56 Å². The van der Waals surface area contributed by atoms with Crippen molar-refractivity contribution in [3.63, 3.8) is 0 Å². The molecule has 1 heterocycles. The zero-order chi connectivity index (χ0) is 21.3. The molecule has 148 valence electrons. The second kappa shape index (κ2) is 7.80. The summed E-state index contributed by atoms with van der Waals surface area (Å²) in [6.07, 6.45) is -0.394. The number of benzene rings is 2. The van der Waals surface area contributed by atoms with Crippen LogP contribution in [-0.2, 0) is 11.2 Å². The van der Waals surface area contributed by atoms with Crippen LogP contribution in [0.2, 0.25) is 0 Å². The summed E-state index contributed by atoms with van der Waals surface area (Å²) in [5.74, 6) is -3.40. The average Bonchev–Trinajstić information content (AvgIpc) is 2.67. The molecular formula is C21H16F3N3O2. The van der Waals surface area contributed by atoms with Crippen LogP contribution in [0, 0.1) is 35.7 Å². The topological polar surface area (TPSA) is 85.8 Å². The number of amides is 1. The van der Waals surface area contributed by atoms with Gasteiger partial charge in [-0.3, -0.25) is 9.59 Å². The zero-order valence-electron chi connectivity index (χ0n) is 15.6. The number of rotatable bonds is 4. The Bertz CT molecular complexity index is 1230. The number of nitriles is 1. The van der Waals surface area contributed by atoms with Crippen LogP contribution in [0.1, 0.15) is 35.2 Å². The molecule has 0 saturated heterocycles. The highest BCUT2D eigenvalue weighted by atomic mass is 19.2. The molecule has 1 aromatic heterocycles. The second-order valence-corrected chi connectivity index (χ2v) is 6.66. The van der Waals surface area contributed by atoms with Crippen LogP contribution in [0.3, 0.4) is 0 Å². The standard InChI is InChI=1S/C21H16F3N3O2/c1-10-14(21(29)27-17-6-5-15(22)20(24)19(10)17)8-18(28)26-11(2)13-4-3-12(9-25)7-16(13)23/h3-7,11H,8H2,1-2H3,(H,26,28)(H,27,29)/t11-/m1/s1. The van der Waals surface area contributed by atoms with Crippen molar-refractivity contribution in [2.45, 2.75) is 26.3 Å². The van der Waals surface area contributed by atoms with E-state index in [4.69, 9.17) is 5.26 Å². The van der Waals surface area contributed by atoms with E-state index in [0.717, 1.165) is 12.1 Å². The van der Waals surface area contributed by atoms with Crippen LogP contribution in [-0.4, -0.2) is 10.9 Å². The lowest BCUT2D eigenvalue weighted by Crippen LogP contribution is -2.31. The minimum absolute atomic E-state index is 0.00741. The molecule has 0 aliphatic carbocycles. The maximum Gasteiger partial charge on any atom is 0.252 e. The fourth-order valence-corrected chi connectivity index (χ4v) is 3.23. The van der Waals surface area contributed by atoms with Gasteiger partial charge in [0.15, 0.2) is 11.6 Å². The van der Waals surface area contributed by atoms with Gasteiger partial charge in [-0.1, -0.05) is 6.07 Å². The van der Waals surface area contributed by atoms with E-state index in [-0.39, 0.29) is 33.2 Å². The quantitative estimate of drug-likeness (QED) is 0.704. The molecule has 0 unspecified atom stereocenters. The number of aromatic amines is 1. The van der Waals surface area contributed by atoms with E-state index >= 15 is 0 Å². The number of hydrogen-bond donors (Lipinski definition) is 2. The third-order valence-electron chi connectivity index (χ3n) is 4.76. The summed E-state index contributed by atoms with van der Waals surface area (Å²) >= 11 is 0. The van der Waals surface area contributed by atoms with Crippen LogP contribution in [0.15, 0.2) is 35.1 Å². The minimum atomic E-state index is -1.11. The molecule has 3 rings (SSSR count). The van der Waals surface area contributed by atoms with Gasteiger partial charge in [-0.2, -0.15) is 5.26 Å². The monoisotopic (exact) mass is 399 g/mol. The number of carbonyl (C=O) groups excluding carboxylic acids is 1. The minimum Gasteiger partial charge on any atom is -0.349 e. The van der Waals surface area contributed by atoms with Gasteiger partial charge >= 0.3 is 0 Å². The van der Waals surface area contributed by atoms with Gasteiger partial charge in [0.05, 0.1) is 29.6 Å². The number of nitrogens with one attached hydrogen (secondary N) is 2. The van der Waals surface area contributed by atoms with Crippen LogP contribution in [0.4, 0.5) is 13.2 Å². The van der Waals surface area contributed by atoms with E-state index in [2.05, 4.69) is 10.3 Å². The SMILES string of the molecule is Cc1c(CC(=O)N[C@H](C)c2ccc(C#N)cc2F)c(=O)[nH]c2ccc(F)c(F)c12. The van der Waals surface area contributed by atoms with E-state index < -0.39 is 41.4 Å². The first-order valence-corrected chi connectivity index (χ1v) is 8.71. The number of pyridine rings is 1. The van der Waals surface area contributed by atoms with Crippen LogP contribution < -0.4 is 10.9 Å². The Hall–Kier alpha value is -3.60. The number of aryl methyl sites for hydroxylation is 1. The van der Waals surface area contributed by atoms with Crippen molar-refractivity contribution in [3.05, 3.63) is 80.4 Å². The third kappa shape index (κ3) is 3.85. The molecule has 1 atom stereocenters.